The molecule has 2 aromatic carbocycles. The molecule has 0 spiro atoms. The normalized spacial score (nSPS) is 12.3. The zero-order chi connectivity index (χ0) is 21.3. The first kappa shape index (κ1) is 23.0. The van der Waals surface area contributed by atoms with Gasteiger partial charge in [0.15, 0.2) is 0 Å². The van der Waals surface area contributed by atoms with Crippen molar-refractivity contribution >= 4 is 23.6 Å². The molecule has 2 aromatic rings. The first-order chi connectivity index (χ1) is 13.8. The van der Waals surface area contributed by atoms with Crippen LogP contribution in [0.15, 0.2) is 65.6 Å². The maximum atomic E-state index is 13.0. The standard InChI is InChI=1S/C24H32N2O2S/c1-19(23(28)25-24(2,3)4)26(17-15-20-11-7-5-8-12-20)22(27)16-18-29-21-13-9-6-10-14-21/h5-14,19H,15-18H2,1-4H3,(H,25,28)/t19-/m1/s1. The first-order valence-corrected chi connectivity index (χ1v) is 11.1. The Labute approximate surface area is 179 Å². The van der Waals surface area contributed by atoms with E-state index in [1.54, 1.807) is 16.7 Å². The van der Waals surface area contributed by atoms with E-state index in [1.807, 2.05) is 88.4 Å². The smallest absolute Gasteiger partial charge is 0.242 e. The number of hydrogen-bond donors (Lipinski definition) is 1. The molecule has 2 rings (SSSR count). The summed E-state index contributed by atoms with van der Waals surface area (Å²) in [5.74, 6) is 0.591. The summed E-state index contributed by atoms with van der Waals surface area (Å²) >= 11 is 1.66. The van der Waals surface area contributed by atoms with Crippen molar-refractivity contribution < 1.29 is 9.59 Å². The monoisotopic (exact) mass is 412 g/mol. The number of benzene rings is 2. The van der Waals surface area contributed by atoms with Gasteiger partial charge in [0.1, 0.15) is 6.04 Å². The average molecular weight is 413 g/mol. The molecule has 5 heteroatoms. The summed E-state index contributed by atoms with van der Waals surface area (Å²) in [5.41, 5.74) is 0.829. The van der Waals surface area contributed by atoms with Gasteiger partial charge in [-0.25, -0.2) is 0 Å². The lowest BCUT2D eigenvalue weighted by Crippen LogP contribution is -2.53. The lowest BCUT2D eigenvalue weighted by molar-refractivity contribution is -0.140. The van der Waals surface area contributed by atoms with Gasteiger partial charge in [-0.3, -0.25) is 9.59 Å². The van der Waals surface area contributed by atoms with Gasteiger partial charge in [-0.2, -0.15) is 0 Å². The molecule has 0 aliphatic heterocycles. The van der Waals surface area contributed by atoms with E-state index in [0.717, 1.165) is 16.9 Å². The first-order valence-electron chi connectivity index (χ1n) is 10.1. The number of nitrogens with zero attached hydrogens (tertiary/aromatic N) is 1. The quantitative estimate of drug-likeness (QED) is 0.615. The third-order valence-corrected chi connectivity index (χ3v) is 5.49. The van der Waals surface area contributed by atoms with Gasteiger partial charge in [-0.1, -0.05) is 48.5 Å². The number of carbonyl (C=O) groups is 2. The summed E-state index contributed by atoms with van der Waals surface area (Å²) < 4.78 is 0. The third kappa shape index (κ3) is 8.32. The van der Waals surface area contributed by atoms with E-state index in [9.17, 15) is 9.59 Å². The molecule has 0 bridgehead atoms. The number of rotatable bonds is 9. The molecule has 0 heterocycles. The number of amides is 2. The summed E-state index contributed by atoms with van der Waals surface area (Å²) in [7, 11) is 0. The lowest BCUT2D eigenvalue weighted by Gasteiger charge is -2.31. The number of thioether (sulfide) groups is 1. The van der Waals surface area contributed by atoms with Crippen molar-refractivity contribution in [3.05, 3.63) is 66.2 Å². The summed E-state index contributed by atoms with van der Waals surface area (Å²) in [6.45, 7) is 8.19. The van der Waals surface area contributed by atoms with Gasteiger partial charge in [0.05, 0.1) is 0 Å². The maximum Gasteiger partial charge on any atom is 0.242 e. The minimum atomic E-state index is -0.507. The van der Waals surface area contributed by atoms with Crippen molar-refractivity contribution in [2.45, 2.75) is 57.0 Å². The van der Waals surface area contributed by atoms with E-state index in [1.165, 1.54) is 0 Å². The van der Waals surface area contributed by atoms with E-state index in [2.05, 4.69) is 5.32 Å². The van der Waals surface area contributed by atoms with Gasteiger partial charge in [-0.05, 0) is 51.8 Å². The van der Waals surface area contributed by atoms with Crippen molar-refractivity contribution in [3.8, 4) is 0 Å². The van der Waals surface area contributed by atoms with Crippen molar-refractivity contribution in [1.29, 1.82) is 0 Å². The Hall–Kier alpha value is -2.27. The maximum absolute atomic E-state index is 13.0. The highest BCUT2D eigenvalue weighted by atomic mass is 32.2. The van der Waals surface area contributed by atoms with Crippen LogP contribution in [0.1, 0.15) is 39.7 Å². The Morgan fingerprint density at radius 3 is 2.17 bits per heavy atom. The zero-order valence-electron chi connectivity index (χ0n) is 17.9. The molecule has 2 amide bonds. The van der Waals surface area contributed by atoms with Gasteiger partial charge in [0.25, 0.3) is 0 Å². The molecule has 1 atom stereocenters. The number of hydrogen-bond acceptors (Lipinski definition) is 3. The van der Waals surface area contributed by atoms with E-state index < -0.39 is 6.04 Å². The largest absolute Gasteiger partial charge is 0.350 e. The molecular formula is C24H32N2O2S. The Kier molecular flexibility index (Phi) is 8.77. The topological polar surface area (TPSA) is 49.4 Å². The van der Waals surface area contributed by atoms with E-state index in [-0.39, 0.29) is 17.4 Å². The molecule has 156 valence electrons. The van der Waals surface area contributed by atoms with Crippen LogP contribution in [0.25, 0.3) is 0 Å². The summed E-state index contributed by atoms with van der Waals surface area (Å²) in [6.07, 6.45) is 1.13. The van der Waals surface area contributed by atoms with Crippen molar-refractivity contribution in [2.24, 2.45) is 0 Å². The van der Waals surface area contributed by atoms with Crippen LogP contribution >= 0.6 is 11.8 Å². The van der Waals surface area contributed by atoms with Crippen LogP contribution in [-0.4, -0.2) is 40.6 Å². The highest BCUT2D eigenvalue weighted by Crippen LogP contribution is 2.19. The SMILES string of the molecule is C[C@H](C(=O)NC(C)(C)C)N(CCc1ccccc1)C(=O)CCSc1ccccc1. The van der Waals surface area contributed by atoms with Gasteiger partial charge in [-0.15, -0.1) is 11.8 Å². The molecule has 29 heavy (non-hydrogen) atoms. The highest BCUT2D eigenvalue weighted by molar-refractivity contribution is 7.99. The van der Waals surface area contributed by atoms with Crippen molar-refractivity contribution in [2.75, 3.05) is 12.3 Å². The minimum absolute atomic E-state index is 0.0147. The second-order valence-electron chi connectivity index (χ2n) is 8.15. The van der Waals surface area contributed by atoms with Gasteiger partial charge >= 0.3 is 0 Å². The minimum Gasteiger partial charge on any atom is -0.350 e. The fourth-order valence-corrected chi connectivity index (χ4v) is 3.82. The fourth-order valence-electron chi connectivity index (χ4n) is 2.96. The molecule has 0 aliphatic rings. The van der Waals surface area contributed by atoms with Crippen molar-refractivity contribution in [3.63, 3.8) is 0 Å². The molecular weight excluding hydrogens is 380 g/mol. The van der Waals surface area contributed by atoms with Crippen LogP contribution in [0.2, 0.25) is 0 Å². The highest BCUT2D eigenvalue weighted by Gasteiger charge is 2.27. The Bertz CT molecular complexity index is 772. The third-order valence-electron chi connectivity index (χ3n) is 4.48. The van der Waals surface area contributed by atoms with Crippen LogP contribution in [0.5, 0.6) is 0 Å². The van der Waals surface area contributed by atoms with Gasteiger partial charge in [0.2, 0.25) is 11.8 Å². The second-order valence-corrected chi connectivity index (χ2v) is 9.32. The summed E-state index contributed by atoms with van der Waals surface area (Å²) in [4.78, 5) is 28.6. The molecule has 0 aliphatic carbocycles. The molecule has 0 saturated heterocycles. The van der Waals surface area contributed by atoms with Crippen LogP contribution in [0.4, 0.5) is 0 Å². The summed E-state index contributed by atoms with van der Waals surface area (Å²) in [5, 5.41) is 3.00. The molecule has 4 nitrogen and oxygen atoms in total. The van der Waals surface area contributed by atoms with E-state index >= 15 is 0 Å². The Morgan fingerprint density at radius 1 is 1.00 bits per heavy atom. The fraction of sp³-hybridized carbons (Fsp3) is 0.417. The zero-order valence-corrected chi connectivity index (χ0v) is 18.7. The number of nitrogens with one attached hydrogen (secondary N) is 1. The van der Waals surface area contributed by atoms with Crippen LogP contribution in [-0.2, 0) is 16.0 Å². The molecule has 0 saturated carbocycles. The molecule has 0 radical (unpaired) electrons. The average Bonchev–Trinajstić information content (AvgIpc) is 2.68. The molecule has 1 N–H and O–H groups in total. The summed E-state index contributed by atoms with van der Waals surface area (Å²) in [6, 6.07) is 19.6. The lowest BCUT2D eigenvalue weighted by atomic mass is 10.1. The predicted octanol–water partition coefficient (Wildman–Crippen LogP) is 4.54. The van der Waals surface area contributed by atoms with Crippen LogP contribution in [0.3, 0.4) is 0 Å². The van der Waals surface area contributed by atoms with Crippen LogP contribution < -0.4 is 5.32 Å². The molecule has 0 aromatic heterocycles. The second kappa shape index (κ2) is 11.1. The Balaban J connectivity index is 2.01. The van der Waals surface area contributed by atoms with Crippen LogP contribution in [0, 0.1) is 0 Å². The van der Waals surface area contributed by atoms with E-state index in [4.69, 9.17) is 0 Å². The van der Waals surface area contributed by atoms with Gasteiger partial charge < -0.3 is 10.2 Å². The predicted molar refractivity (Wildman–Crippen MR) is 121 cm³/mol. The Morgan fingerprint density at radius 2 is 1.59 bits per heavy atom. The molecule has 0 fully saturated rings. The van der Waals surface area contributed by atoms with Crippen molar-refractivity contribution in [1.82, 2.24) is 10.2 Å². The van der Waals surface area contributed by atoms with Gasteiger partial charge in [0, 0.05) is 29.2 Å². The molecule has 0 unspecified atom stereocenters. The number of carbonyl (C=O) groups excluding carboxylic acids is 2. The van der Waals surface area contributed by atoms with E-state index in [0.29, 0.717) is 18.7 Å².